The molecule has 0 amide bonds. The van der Waals surface area contributed by atoms with Gasteiger partial charge in [0.2, 0.25) is 0 Å². The molecule has 0 aliphatic rings. The second-order valence-corrected chi connectivity index (χ2v) is 7.49. The molecule has 8 nitrogen and oxygen atoms in total. The number of carbonyl (C=O) groups is 1. The lowest BCUT2D eigenvalue weighted by Crippen LogP contribution is -2.20. The summed E-state index contributed by atoms with van der Waals surface area (Å²) in [7, 11) is 0. The van der Waals surface area contributed by atoms with Crippen molar-refractivity contribution in [2.45, 2.75) is 26.7 Å². The van der Waals surface area contributed by atoms with E-state index >= 15 is 0 Å². The average molecular weight is 455 g/mol. The highest BCUT2D eigenvalue weighted by Crippen LogP contribution is 2.32. The van der Waals surface area contributed by atoms with Crippen molar-refractivity contribution in [3.8, 4) is 5.75 Å². The minimum atomic E-state index is -0.591. The lowest BCUT2D eigenvalue weighted by Gasteiger charge is -2.16. The van der Waals surface area contributed by atoms with Gasteiger partial charge in [0, 0.05) is 17.3 Å². The van der Waals surface area contributed by atoms with Crippen molar-refractivity contribution >= 4 is 18.4 Å². The van der Waals surface area contributed by atoms with Crippen LogP contribution in [0.2, 0.25) is 0 Å². The molecule has 0 bridgehead atoms. The Morgan fingerprint density at radius 2 is 1.25 bits per heavy atom. The Balaban J connectivity index is 0.00000289. The molecule has 0 aliphatic carbocycles. The van der Waals surface area contributed by atoms with Crippen LogP contribution in [0, 0.1) is 20.8 Å². The SMILES string of the molecule is Cc1ccc(C(=O)Oc2ccc(C(c3c(C)[nH][nH]c3=O)c3c(C)[nH][nH]c3=O)cc2)cc1.Cl. The summed E-state index contributed by atoms with van der Waals surface area (Å²) in [4.78, 5) is 37.3. The first-order valence-corrected chi connectivity index (χ1v) is 9.78. The van der Waals surface area contributed by atoms with Gasteiger partial charge >= 0.3 is 5.97 Å². The van der Waals surface area contributed by atoms with Gasteiger partial charge in [0.25, 0.3) is 11.1 Å². The minimum Gasteiger partial charge on any atom is -0.423 e. The van der Waals surface area contributed by atoms with Gasteiger partial charge in [0.15, 0.2) is 0 Å². The predicted molar refractivity (Wildman–Crippen MR) is 123 cm³/mol. The normalized spacial score (nSPS) is 10.8. The Bertz CT molecular complexity index is 1290. The number of carbonyl (C=O) groups excluding carboxylic acids is 1. The summed E-state index contributed by atoms with van der Waals surface area (Å²) in [5.41, 5.74) is 3.84. The summed E-state index contributed by atoms with van der Waals surface area (Å²) in [6.45, 7) is 5.49. The standard InChI is InChI=1S/C23H22N4O4.ClH/c1-12-4-6-16(7-5-12)23(30)31-17-10-8-15(9-11-17)20(18-13(2)24-26-21(18)28)19-14(3)25-27-22(19)29;/h4-11,20H,1-3H3,(H2,24,26,28)(H2,25,27,29);1H. The van der Waals surface area contributed by atoms with Crippen LogP contribution in [0.3, 0.4) is 0 Å². The summed E-state index contributed by atoms with van der Waals surface area (Å²) in [6, 6.07) is 13.9. The first-order chi connectivity index (χ1) is 14.8. The number of aryl methyl sites for hydroxylation is 3. The molecule has 32 heavy (non-hydrogen) atoms. The Hall–Kier alpha value is -3.78. The van der Waals surface area contributed by atoms with Gasteiger partial charge < -0.3 is 14.9 Å². The maximum absolute atomic E-state index is 12.5. The zero-order chi connectivity index (χ0) is 22.1. The molecule has 2 aromatic carbocycles. The van der Waals surface area contributed by atoms with Crippen LogP contribution in [-0.4, -0.2) is 26.4 Å². The van der Waals surface area contributed by atoms with Gasteiger partial charge in [-0.25, -0.2) is 4.79 Å². The van der Waals surface area contributed by atoms with Crippen LogP contribution in [0.25, 0.3) is 0 Å². The quantitative estimate of drug-likeness (QED) is 0.272. The van der Waals surface area contributed by atoms with Crippen molar-refractivity contribution in [3.63, 3.8) is 0 Å². The second-order valence-electron chi connectivity index (χ2n) is 7.49. The maximum atomic E-state index is 12.5. The van der Waals surface area contributed by atoms with Crippen LogP contribution in [0.15, 0.2) is 58.1 Å². The molecule has 166 valence electrons. The number of H-pyrrole nitrogens is 4. The maximum Gasteiger partial charge on any atom is 0.343 e. The van der Waals surface area contributed by atoms with Crippen molar-refractivity contribution in [2.75, 3.05) is 0 Å². The number of ether oxygens (including phenoxy) is 1. The van der Waals surface area contributed by atoms with Crippen LogP contribution in [0.5, 0.6) is 5.75 Å². The monoisotopic (exact) mass is 454 g/mol. The second kappa shape index (κ2) is 9.15. The summed E-state index contributed by atoms with van der Waals surface area (Å²) in [5.74, 6) is -0.681. The lowest BCUT2D eigenvalue weighted by atomic mass is 9.85. The molecule has 4 aromatic rings. The van der Waals surface area contributed by atoms with Crippen LogP contribution >= 0.6 is 12.4 Å². The van der Waals surface area contributed by atoms with E-state index in [2.05, 4.69) is 20.4 Å². The van der Waals surface area contributed by atoms with Gasteiger partial charge in [-0.15, -0.1) is 12.4 Å². The Labute approximate surface area is 189 Å². The van der Waals surface area contributed by atoms with E-state index in [0.29, 0.717) is 33.8 Å². The van der Waals surface area contributed by atoms with Gasteiger partial charge in [-0.2, -0.15) is 0 Å². The Morgan fingerprint density at radius 3 is 1.69 bits per heavy atom. The zero-order valence-electron chi connectivity index (χ0n) is 17.7. The first kappa shape index (κ1) is 22.9. The fourth-order valence-corrected chi connectivity index (χ4v) is 3.67. The molecule has 4 N–H and O–H groups in total. The molecule has 0 unspecified atom stereocenters. The molecule has 0 fully saturated rings. The fraction of sp³-hybridized carbons (Fsp3) is 0.174. The molecule has 0 saturated carbocycles. The number of aromatic amines is 4. The van der Waals surface area contributed by atoms with Crippen molar-refractivity contribution in [1.82, 2.24) is 20.4 Å². The molecule has 0 aliphatic heterocycles. The summed E-state index contributed by atoms with van der Waals surface area (Å²) in [6.07, 6.45) is 0. The molecule has 0 atom stereocenters. The van der Waals surface area contributed by atoms with E-state index < -0.39 is 11.9 Å². The average Bonchev–Trinajstić information content (AvgIpc) is 3.26. The van der Waals surface area contributed by atoms with Crippen molar-refractivity contribution in [3.05, 3.63) is 108 Å². The third-order valence-electron chi connectivity index (χ3n) is 5.31. The molecule has 4 rings (SSSR count). The molecule has 9 heteroatoms. The molecule has 2 aromatic heterocycles. The van der Waals surface area contributed by atoms with Gasteiger partial charge in [-0.1, -0.05) is 29.8 Å². The first-order valence-electron chi connectivity index (χ1n) is 9.78. The fourth-order valence-electron chi connectivity index (χ4n) is 3.67. The lowest BCUT2D eigenvalue weighted by molar-refractivity contribution is 0.0734. The van der Waals surface area contributed by atoms with Gasteiger partial charge in [0.1, 0.15) is 5.75 Å². The topological polar surface area (TPSA) is 124 Å². The number of hydrogen-bond acceptors (Lipinski definition) is 4. The number of halogens is 1. The van der Waals surface area contributed by atoms with E-state index in [1.807, 2.05) is 19.1 Å². The summed E-state index contributed by atoms with van der Waals surface area (Å²) < 4.78 is 5.46. The molecule has 2 heterocycles. The molecule has 0 saturated heterocycles. The number of benzene rings is 2. The summed E-state index contributed by atoms with van der Waals surface area (Å²) in [5, 5.41) is 10.8. The Kier molecular flexibility index (Phi) is 6.55. The van der Waals surface area contributed by atoms with Crippen LogP contribution in [-0.2, 0) is 0 Å². The predicted octanol–water partition coefficient (Wildman–Crippen LogP) is 3.47. The van der Waals surface area contributed by atoms with E-state index in [1.54, 1.807) is 50.2 Å². The third-order valence-corrected chi connectivity index (χ3v) is 5.31. The van der Waals surface area contributed by atoms with Crippen molar-refractivity contribution in [2.24, 2.45) is 0 Å². The number of aromatic nitrogens is 4. The molecular formula is C23H23ClN4O4. The minimum absolute atomic E-state index is 0. The molecule has 0 radical (unpaired) electrons. The highest BCUT2D eigenvalue weighted by atomic mass is 35.5. The van der Waals surface area contributed by atoms with E-state index in [1.165, 1.54) is 0 Å². The number of nitrogens with one attached hydrogen (secondary N) is 4. The Morgan fingerprint density at radius 1 is 0.750 bits per heavy atom. The number of rotatable bonds is 5. The highest BCUT2D eigenvalue weighted by molar-refractivity contribution is 5.91. The van der Waals surface area contributed by atoms with Crippen LogP contribution in [0.1, 0.15) is 49.9 Å². The third kappa shape index (κ3) is 4.31. The smallest absolute Gasteiger partial charge is 0.343 e. The van der Waals surface area contributed by atoms with Gasteiger partial charge in [-0.3, -0.25) is 19.8 Å². The van der Waals surface area contributed by atoms with Crippen LogP contribution in [0.4, 0.5) is 0 Å². The molecular weight excluding hydrogens is 432 g/mol. The number of hydrogen-bond donors (Lipinski definition) is 4. The van der Waals surface area contributed by atoms with E-state index in [9.17, 15) is 14.4 Å². The summed E-state index contributed by atoms with van der Waals surface area (Å²) >= 11 is 0. The van der Waals surface area contributed by atoms with Gasteiger partial charge in [0.05, 0.1) is 16.7 Å². The van der Waals surface area contributed by atoms with E-state index in [4.69, 9.17) is 4.74 Å². The number of esters is 1. The highest BCUT2D eigenvalue weighted by Gasteiger charge is 2.28. The van der Waals surface area contributed by atoms with Crippen molar-refractivity contribution < 1.29 is 9.53 Å². The molecule has 0 spiro atoms. The van der Waals surface area contributed by atoms with Crippen LogP contribution < -0.4 is 15.9 Å². The van der Waals surface area contributed by atoms with Crippen molar-refractivity contribution in [1.29, 1.82) is 0 Å². The van der Waals surface area contributed by atoms with E-state index in [-0.39, 0.29) is 23.5 Å². The van der Waals surface area contributed by atoms with Gasteiger partial charge in [-0.05, 0) is 50.6 Å². The largest absolute Gasteiger partial charge is 0.423 e. The zero-order valence-corrected chi connectivity index (χ0v) is 18.6. The van der Waals surface area contributed by atoms with E-state index in [0.717, 1.165) is 11.1 Å².